The van der Waals surface area contributed by atoms with Crippen molar-refractivity contribution in [3.63, 3.8) is 0 Å². The topological polar surface area (TPSA) is 188 Å². The van der Waals surface area contributed by atoms with Crippen LogP contribution in [0.4, 0.5) is 0 Å². The van der Waals surface area contributed by atoms with Crippen molar-refractivity contribution in [2.24, 2.45) is 0 Å². The first-order chi connectivity index (χ1) is 16.0. The predicted octanol–water partition coefficient (Wildman–Crippen LogP) is -1.86. The number of rotatable bonds is 13. The monoisotopic (exact) mass is 491 g/mol. The maximum Gasteiger partial charge on any atom is 0.253 e. The van der Waals surface area contributed by atoms with Gasteiger partial charge in [-0.05, 0) is 19.8 Å². The Bertz CT molecular complexity index is 627. The number of likely N-dealkylation sites (N-methyl/N-ethyl adjacent to an activating group) is 1. The number of nitrogens with one attached hydrogen (secondary N) is 1. The molecule has 0 radical (unpaired) electrons. The smallest absolute Gasteiger partial charge is 0.253 e. The normalized spacial score (nSPS) is 16.8. The van der Waals surface area contributed by atoms with E-state index in [2.05, 4.69) is 5.32 Å². The molecule has 0 spiro atoms. The Labute approximate surface area is 200 Å². The van der Waals surface area contributed by atoms with E-state index >= 15 is 0 Å². The molecule has 0 bridgehead atoms. The van der Waals surface area contributed by atoms with E-state index < -0.39 is 31.0 Å². The third-order valence-corrected chi connectivity index (χ3v) is 4.70. The number of imide groups is 1. The molecule has 0 aromatic heterocycles. The summed E-state index contributed by atoms with van der Waals surface area (Å²) in [6, 6.07) is -0.160. The maximum atomic E-state index is 11.8. The first kappa shape index (κ1) is 33.8. The van der Waals surface area contributed by atoms with Crippen LogP contribution in [0.2, 0.25) is 0 Å². The van der Waals surface area contributed by atoms with Gasteiger partial charge in [0.2, 0.25) is 12.3 Å². The Morgan fingerprint density at radius 1 is 1.09 bits per heavy atom. The first-order valence-electron chi connectivity index (χ1n) is 11.3. The minimum absolute atomic E-state index is 0.142. The van der Waals surface area contributed by atoms with Gasteiger partial charge in [-0.1, -0.05) is 20.8 Å². The number of amides is 4. The maximum absolute atomic E-state index is 11.8. The first-order valence-corrected chi connectivity index (χ1v) is 11.3. The SMILES string of the molecule is CC.CC(CCC(=O)N(C)CC(O)C(O)C(O)C(O)CO)NC=O.CCCN1C(=O)C=CC1=O. The van der Waals surface area contributed by atoms with Crippen LogP contribution in [0.1, 0.15) is 47.0 Å². The molecule has 0 aromatic carbocycles. The molecule has 1 aliphatic heterocycles. The fourth-order valence-corrected chi connectivity index (χ4v) is 2.66. The fraction of sp³-hybridized carbons (Fsp3) is 0.727. The molecule has 5 unspecified atom stereocenters. The van der Waals surface area contributed by atoms with Crippen molar-refractivity contribution in [1.82, 2.24) is 15.1 Å². The van der Waals surface area contributed by atoms with Gasteiger partial charge in [-0.2, -0.15) is 0 Å². The van der Waals surface area contributed by atoms with Gasteiger partial charge in [0.25, 0.3) is 11.8 Å². The second-order valence-corrected chi connectivity index (χ2v) is 7.46. The zero-order chi connectivity index (χ0) is 26.8. The Hall–Kier alpha value is -2.38. The predicted molar refractivity (Wildman–Crippen MR) is 124 cm³/mol. The molecule has 12 nitrogen and oxygen atoms in total. The van der Waals surface area contributed by atoms with E-state index in [1.54, 1.807) is 6.92 Å². The standard InChI is InChI=1S/C13H26N2O7.C7H9NO2.C2H6/c1-8(14-7-17)3-4-11(20)15(2)5-9(18)12(21)13(22)10(19)6-16;1-2-5-8-6(9)3-4-7(8)10;1-2/h7-10,12-13,16,18-19,21-22H,3-6H2,1-2H3,(H,14,17);3-4H,2,5H2,1H3;1-2H3. The number of aliphatic hydroxyl groups is 5. The summed E-state index contributed by atoms with van der Waals surface area (Å²) in [5, 5.41) is 49.3. The molecule has 0 saturated heterocycles. The summed E-state index contributed by atoms with van der Waals surface area (Å²) in [6.07, 6.45) is -1.94. The quantitative estimate of drug-likeness (QED) is 0.127. The average Bonchev–Trinajstić information content (AvgIpc) is 3.15. The summed E-state index contributed by atoms with van der Waals surface area (Å²) in [7, 11) is 1.42. The van der Waals surface area contributed by atoms with Crippen molar-refractivity contribution < 1.29 is 44.7 Å². The summed E-state index contributed by atoms with van der Waals surface area (Å²) in [6.45, 7) is 7.20. The molecule has 0 aromatic rings. The number of nitrogens with zero attached hydrogens (tertiary/aromatic N) is 2. The molecule has 4 amide bonds. The van der Waals surface area contributed by atoms with E-state index in [0.717, 1.165) is 6.42 Å². The molecule has 0 aliphatic carbocycles. The lowest BCUT2D eigenvalue weighted by molar-refractivity contribution is -0.138. The van der Waals surface area contributed by atoms with Gasteiger partial charge >= 0.3 is 0 Å². The third-order valence-electron chi connectivity index (χ3n) is 4.70. The van der Waals surface area contributed by atoms with Crippen LogP contribution in [-0.2, 0) is 19.2 Å². The van der Waals surface area contributed by atoms with Crippen molar-refractivity contribution in [2.75, 3.05) is 26.7 Å². The van der Waals surface area contributed by atoms with Gasteiger partial charge in [-0.15, -0.1) is 0 Å². The van der Waals surface area contributed by atoms with Gasteiger partial charge < -0.3 is 35.7 Å². The van der Waals surface area contributed by atoms with Gasteiger partial charge in [0.05, 0.1) is 6.61 Å². The van der Waals surface area contributed by atoms with Gasteiger partial charge in [-0.25, -0.2) is 0 Å². The highest BCUT2D eigenvalue weighted by Crippen LogP contribution is 2.08. The van der Waals surface area contributed by atoms with Gasteiger partial charge in [0.15, 0.2) is 0 Å². The van der Waals surface area contributed by atoms with Crippen molar-refractivity contribution in [1.29, 1.82) is 0 Å². The molecule has 1 rings (SSSR count). The van der Waals surface area contributed by atoms with E-state index in [4.69, 9.17) is 5.11 Å². The molecule has 0 saturated carbocycles. The molecule has 34 heavy (non-hydrogen) atoms. The zero-order valence-electron chi connectivity index (χ0n) is 20.6. The highest BCUT2D eigenvalue weighted by atomic mass is 16.4. The Morgan fingerprint density at radius 3 is 2.03 bits per heavy atom. The summed E-state index contributed by atoms with van der Waals surface area (Å²) >= 11 is 0. The van der Waals surface area contributed by atoms with Crippen molar-refractivity contribution >= 4 is 24.1 Å². The van der Waals surface area contributed by atoms with Crippen LogP contribution < -0.4 is 5.32 Å². The molecule has 1 heterocycles. The summed E-state index contributed by atoms with van der Waals surface area (Å²) in [4.78, 5) is 46.1. The van der Waals surface area contributed by atoms with Gasteiger partial charge in [0.1, 0.15) is 24.4 Å². The van der Waals surface area contributed by atoms with Crippen LogP contribution in [0, 0.1) is 0 Å². The summed E-state index contributed by atoms with van der Waals surface area (Å²) in [5.74, 6) is -0.679. The third kappa shape index (κ3) is 12.8. The highest BCUT2D eigenvalue weighted by molar-refractivity contribution is 6.12. The van der Waals surface area contributed by atoms with Crippen molar-refractivity contribution in [2.45, 2.75) is 77.4 Å². The second kappa shape index (κ2) is 19.0. The van der Waals surface area contributed by atoms with E-state index in [1.807, 2.05) is 20.8 Å². The lowest BCUT2D eigenvalue weighted by atomic mass is 10.0. The lowest BCUT2D eigenvalue weighted by Crippen LogP contribution is -2.50. The number of hydrogen-bond donors (Lipinski definition) is 6. The molecule has 5 atom stereocenters. The zero-order valence-corrected chi connectivity index (χ0v) is 20.6. The van der Waals surface area contributed by atoms with Crippen LogP contribution in [-0.4, -0.2) is 117 Å². The Kier molecular flexibility index (Phi) is 18.9. The minimum atomic E-state index is -1.72. The molecule has 1 aliphatic rings. The number of aliphatic hydroxyl groups excluding tert-OH is 5. The number of carbonyl (C=O) groups excluding carboxylic acids is 4. The van der Waals surface area contributed by atoms with Crippen LogP contribution in [0.3, 0.4) is 0 Å². The average molecular weight is 492 g/mol. The van der Waals surface area contributed by atoms with Crippen LogP contribution >= 0.6 is 0 Å². The highest BCUT2D eigenvalue weighted by Gasteiger charge is 2.31. The van der Waals surface area contributed by atoms with E-state index in [-0.39, 0.29) is 36.7 Å². The molecule has 6 N–H and O–H groups in total. The van der Waals surface area contributed by atoms with E-state index in [0.29, 0.717) is 19.4 Å². The molecule has 198 valence electrons. The summed E-state index contributed by atoms with van der Waals surface area (Å²) in [5.41, 5.74) is 0. The second-order valence-electron chi connectivity index (χ2n) is 7.46. The van der Waals surface area contributed by atoms with E-state index in [1.165, 1.54) is 29.0 Å². The molecule has 12 heteroatoms. The molecular weight excluding hydrogens is 450 g/mol. The van der Waals surface area contributed by atoms with Crippen molar-refractivity contribution in [3.05, 3.63) is 12.2 Å². The Balaban J connectivity index is 0. The molecular formula is C22H41N3O9. The van der Waals surface area contributed by atoms with Crippen LogP contribution in [0.5, 0.6) is 0 Å². The number of hydrogen-bond acceptors (Lipinski definition) is 9. The van der Waals surface area contributed by atoms with Gasteiger partial charge in [0, 0.05) is 44.8 Å². The van der Waals surface area contributed by atoms with Gasteiger partial charge in [-0.3, -0.25) is 24.1 Å². The van der Waals surface area contributed by atoms with Crippen LogP contribution in [0.25, 0.3) is 0 Å². The Morgan fingerprint density at radius 2 is 1.59 bits per heavy atom. The van der Waals surface area contributed by atoms with Crippen LogP contribution in [0.15, 0.2) is 12.2 Å². The minimum Gasteiger partial charge on any atom is -0.394 e. The summed E-state index contributed by atoms with van der Waals surface area (Å²) < 4.78 is 0. The number of carbonyl (C=O) groups is 4. The fourth-order valence-electron chi connectivity index (χ4n) is 2.66. The lowest BCUT2D eigenvalue weighted by Gasteiger charge is -2.28. The van der Waals surface area contributed by atoms with E-state index in [9.17, 15) is 39.6 Å². The molecule has 0 fully saturated rings. The van der Waals surface area contributed by atoms with Crippen molar-refractivity contribution in [3.8, 4) is 0 Å². The largest absolute Gasteiger partial charge is 0.394 e.